The van der Waals surface area contributed by atoms with Gasteiger partial charge in [0.25, 0.3) is 5.56 Å². The van der Waals surface area contributed by atoms with E-state index < -0.39 is 0 Å². The van der Waals surface area contributed by atoms with Crippen molar-refractivity contribution in [3.8, 4) is 0 Å². The van der Waals surface area contributed by atoms with E-state index in [4.69, 9.17) is 11.6 Å². The largest absolute Gasteiger partial charge is 0.366 e. The van der Waals surface area contributed by atoms with E-state index in [1.807, 2.05) is 9.80 Å². The molecular weight excluding hydrogens is 318 g/mol. The van der Waals surface area contributed by atoms with Crippen molar-refractivity contribution in [3.05, 3.63) is 21.6 Å². The monoisotopic (exact) mass is 339 g/mol. The molecule has 0 spiro atoms. The molecule has 2 saturated heterocycles. The van der Waals surface area contributed by atoms with E-state index in [1.165, 1.54) is 6.42 Å². The van der Waals surface area contributed by atoms with E-state index in [-0.39, 0.29) is 16.5 Å². The van der Waals surface area contributed by atoms with Gasteiger partial charge in [0.15, 0.2) is 0 Å². The number of aromatic amines is 1. The lowest BCUT2D eigenvalue weighted by molar-refractivity contribution is -0.133. The number of likely N-dealkylation sites (tertiary alicyclic amines) is 1. The Morgan fingerprint density at radius 3 is 2.52 bits per heavy atom. The number of nitrogens with one attached hydrogen (secondary N) is 1. The first-order valence-electron chi connectivity index (χ1n) is 8.13. The van der Waals surface area contributed by atoms with Gasteiger partial charge in [0.1, 0.15) is 5.02 Å². The fraction of sp³-hybridized carbons (Fsp3) is 0.667. The second-order valence-corrected chi connectivity index (χ2v) is 6.48. The van der Waals surface area contributed by atoms with Crippen molar-refractivity contribution in [2.75, 3.05) is 50.7 Å². The number of halogens is 1. The van der Waals surface area contributed by atoms with Gasteiger partial charge in [-0.3, -0.25) is 14.5 Å². The summed E-state index contributed by atoms with van der Waals surface area (Å²) in [6, 6.07) is 0. The summed E-state index contributed by atoms with van der Waals surface area (Å²) < 4.78 is 0. The fourth-order valence-electron chi connectivity index (χ4n) is 3.18. The van der Waals surface area contributed by atoms with Crippen molar-refractivity contribution >= 4 is 23.2 Å². The maximum atomic E-state index is 12.3. The van der Waals surface area contributed by atoms with Gasteiger partial charge >= 0.3 is 0 Å². The van der Waals surface area contributed by atoms with Crippen LogP contribution in [-0.2, 0) is 4.79 Å². The summed E-state index contributed by atoms with van der Waals surface area (Å²) in [4.78, 5) is 30.0. The lowest BCUT2D eigenvalue weighted by Gasteiger charge is -2.37. The number of aromatic nitrogens is 2. The number of piperazine rings is 1. The molecule has 3 rings (SSSR count). The van der Waals surface area contributed by atoms with E-state index in [9.17, 15) is 9.59 Å². The van der Waals surface area contributed by atoms with Crippen molar-refractivity contribution in [2.45, 2.75) is 19.3 Å². The first-order chi connectivity index (χ1) is 11.1. The van der Waals surface area contributed by atoms with Crippen LogP contribution < -0.4 is 10.5 Å². The lowest BCUT2D eigenvalue weighted by Crippen LogP contribution is -2.51. The molecule has 0 saturated carbocycles. The minimum absolute atomic E-state index is 0.179. The molecule has 23 heavy (non-hydrogen) atoms. The van der Waals surface area contributed by atoms with E-state index >= 15 is 0 Å². The minimum Gasteiger partial charge on any atom is -0.366 e. The average molecular weight is 340 g/mol. The van der Waals surface area contributed by atoms with Gasteiger partial charge < -0.3 is 9.80 Å². The maximum absolute atomic E-state index is 12.3. The lowest BCUT2D eigenvalue weighted by atomic mass is 10.1. The highest BCUT2D eigenvalue weighted by Crippen LogP contribution is 2.21. The Bertz CT molecular complexity index is 606. The molecule has 0 aliphatic carbocycles. The molecule has 3 heterocycles. The molecule has 8 heteroatoms. The van der Waals surface area contributed by atoms with Crippen LogP contribution in [0.1, 0.15) is 19.3 Å². The zero-order valence-corrected chi connectivity index (χ0v) is 13.9. The molecule has 0 bridgehead atoms. The Morgan fingerprint density at radius 2 is 1.83 bits per heavy atom. The number of nitrogens with zero attached hydrogens (tertiary/aromatic N) is 4. The molecule has 126 valence electrons. The van der Waals surface area contributed by atoms with Crippen molar-refractivity contribution in [3.63, 3.8) is 0 Å². The molecule has 2 aliphatic rings. The van der Waals surface area contributed by atoms with Crippen LogP contribution in [0.15, 0.2) is 11.0 Å². The number of hydrogen-bond acceptors (Lipinski definition) is 5. The zero-order valence-electron chi connectivity index (χ0n) is 13.1. The molecule has 2 fully saturated rings. The number of H-pyrrole nitrogens is 1. The molecule has 0 unspecified atom stereocenters. The highest BCUT2D eigenvalue weighted by molar-refractivity contribution is 6.33. The van der Waals surface area contributed by atoms with Crippen molar-refractivity contribution in [1.82, 2.24) is 20.0 Å². The maximum Gasteiger partial charge on any atom is 0.285 e. The number of rotatable bonds is 3. The molecule has 0 radical (unpaired) electrons. The number of carbonyl (C=O) groups excluding carboxylic acids is 1. The van der Waals surface area contributed by atoms with Gasteiger partial charge in [-0.25, -0.2) is 5.10 Å². The first-order valence-corrected chi connectivity index (χ1v) is 8.51. The predicted octanol–water partition coefficient (Wildman–Crippen LogP) is 0.558. The quantitative estimate of drug-likeness (QED) is 0.871. The third kappa shape index (κ3) is 3.84. The van der Waals surface area contributed by atoms with Crippen LogP contribution >= 0.6 is 11.6 Å². The molecule has 2 aliphatic heterocycles. The summed E-state index contributed by atoms with van der Waals surface area (Å²) in [5, 5.41) is 6.31. The fourth-order valence-corrected chi connectivity index (χ4v) is 3.39. The number of anilines is 1. The minimum atomic E-state index is -0.369. The van der Waals surface area contributed by atoms with Crippen LogP contribution in [0.25, 0.3) is 0 Å². The molecular formula is C15H22ClN5O2. The van der Waals surface area contributed by atoms with Crippen LogP contribution in [0.5, 0.6) is 0 Å². The van der Waals surface area contributed by atoms with Gasteiger partial charge in [0.2, 0.25) is 5.91 Å². The molecule has 1 aromatic rings. The Hall–Kier alpha value is -1.60. The highest BCUT2D eigenvalue weighted by atomic mass is 35.5. The first kappa shape index (κ1) is 16.3. The Labute approximate surface area is 140 Å². The van der Waals surface area contributed by atoms with E-state index in [1.54, 1.807) is 6.20 Å². The molecule has 0 aromatic carbocycles. The van der Waals surface area contributed by atoms with Crippen molar-refractivity contribution in [1.29, 1.82) is 0 Å². The van der Waals surface area contributed by atoms with Gasteiger partial charge in [0, 0.05) is 39.3 Å². The summed E-state index contributed by atoms with van der Waals surface area (Å²) >= 11 is 6.05. The summed E-state index contributed by atoms with van der Waals surface area (Å²) in [7, 11) is 0. The van der Waals surface area contributed by atoms with Gasteiger partial charge in [-0.05, 0) is 19.3 Å². The van der Waals surface area contributed by atoms with Gasteiger partial charge in [-0.15, -0.1) is 0 Å². The van der Waals surface area contributed by atoms with Crippen LogP contribution in [0.2, 0.25) is 5.02 Å². The number of hydrogen-bond donors (Lipinski definition) is 1. The van der Waals surface area contributed by atoms with Gasteiger partial charge in [0.05, 0.1) is 18.4 Å². The summed E-state index contributed by atoms with van der Waals surface area (Å²) in [6.07, 6.45) is 5.05. The number of piperidine rings is 1. The third-order valence-electron chi connectivity index (χ3n) is 4.56. The molecule has 1 N–H and O–H groups in total. The van der Waals surface area contributed by atoms with Crippen LogP contribution in [-0.4, -0.2) is 71.7 Å². The van der Waals surface area contributed by atoms with E-state index in [0.29, 0.717) is 12.2 Å². The van der Waals surface area contributed by atoms with Crippen molar-refractivity contribution < 1.29 is 4.79 Å². The smallest absolute Gasteiger partial charge is 0.285 e. The topological polar surface area (TPSA) is 72.5 Å². The summed E-state index contributed by atoms with van der Waals surface area (Å²) in [5.41, 5.74) is 0.296. The van der Waals surface area contributed by atoms with Crippen LogP contribution in [0, 0.1) is 0 Å². The van der Waals surface area contributed by atoms with E-state index in [0.717, 1.165) is 52.1 Å². The predicted molar refractivity (Wildman–Crippen MR) is 89.0 cm³/mol. The van der Waals surface area contributed by atoms with Gasteiger partial charge in [-0.1, -0.05) is 11.6 Å². The second-order valence-electron chi connectivity index (χ2n) is 6.10. The molecule has 1 amide bonds. The van der Waals surface area contributed by atoms with E-state index in [2.05, 4.69) is 15.1 Å². The second kappa shape index (κ2) is 7.31. The molecule has 7 nitrogen and oxygen atoms in total. The Balaban J connectivity index is 1.53. The summed E-state index contributed by atoms with van der Waals surface area (Å²) in [6.45, 7) is 5.30. The van der Waals surface area contributed by atoms with Gasteiger partial charge in [-0.2, -0.15) is 5.10 Å². The average Bonchev–Trinajstić information content (AvgIpc) is 2.59. The molecule has 0 atom stereocenters. The Kier molecular flexibility index (Phi) is 5.17. The van der Waals surface area contributed by atoms with Crippen LogP contribution in [0.4, 0.5) is 5.69 Å². The standard InChI is InChI=1S/C15H22ClN5O2/c16-14-12(10-17-18-15(14)23)20-8-6-19(7-9-20)11-13(22)21-4-2-1-3-5-21/h10H,1-9,11H2,(H,18,23). The SMILES string of the molecule is O=C(CN1CCN(c2cn[nH]c(=O)c2Cl)CC1)N1CCCCC1. The zero-order chi connectivity index (χ0) is 16.2. The van der Waals surface area contributed by atoms with Crippen molar-refractivity contribution in [2.24, 2.45) is 0 Å². The highest BCUT2D eigenvalue weighted by Gasteiger charge is 2.24. The number of carbonyl (C=O) groups is 1. The Morgan fingerprint density at radius 1 is 1.13 bits per heavy atom. The summed E-state index contributed by atoms with van der Waals surface area (Å²) in [5.74, 6) is 0.231. The normalized spacial score (nSPS) is 19.9. The molecule has 1 aromatic heterocycles. The third-order valence-corrected chi connectivity index (χ3v) is 4.92. The number of amides is 1. The van der Waals surface area contributed by atoms with Crippen LogP contribution in [0.3, 0.4) is 0 Å².